The van der Waals surface area contributed by atoms with Crippen LogP contribution in [-0.4, -0.2) is 17.5 Å². The molecule has 1 amide bonds. The van der Waals surface area contributed by atoms with Crippen molar-refractivity contribution in [1.29, 1.82) is 0 Å². The molecule has 0 aliphatic heterocycles. The van der Waals surface area contributed by atoms with Crippen molar-refractivity contribution in [3.05, 3.63) is 52.5 Å². The summed E-state index contributed by atoms with van der Waals surface area (Å²) in [5.74, 6) is -0.771. The number of rotatable bonds is 4. The van der Waals surface area contributed by atoms with Crippen molar-refractivity contribution >= 4 is 27.5 Å². The normalized spacial score (nSPS) is 10.2. The number of nitrogens with one attached hydrogen (secondary N) is 1. The fourth-order valence-electron chi connectivity index (χ4n) is 1.58. The zero-order chi connectivity index (χ0) is 14.5. The van der Waals surface area contributed by atoms with E-state index in [2.05, 4.69) is 26.2 Å². The monoisotopic (exact) mass is 338 g/mol. The SMILES string of the molecule is CCOc1ccc(NC(=O)c2cccc(Br)n2)cc1F. The lowest BCUT2D eigenvalue weighted by Gasteiger charge is -2.08. The minimum Gasteiger partial charge on any atom is -0.491 e. The Balaban J connectivity index is 2.14. The van der Waals surface area contributed by atoms with E-state index in [1.807, 2.05) is 0 Å². The highest BCUT2D eigenvalue weighted by Crippen LogP contribution is 2.21. The van der Waals surface area contributed by atoms with Gasteiger partial charge in [0.1, 0.15) is 10.3 Å². The van der Waals surface area contributed by atoms with E-state index in [0.29, 0.717) is 16.9 Å². The average molecular weight is 339 g/mol. The zero-order valence-corrected chi connectivity index (χ0v) is 12.3. The minimum atomic E-state index is -0.521. The Kier molecular flexibility index (Phi) is 4.68. The topological polar surface area (TPSA) is 51.2 Å². The van der Waals surface area contributed by atoms with E-state index in [4.69, 9.17) is 4.74 Å². The third-order valence-corrected chi connectivity index (χ3v) is 2.88. The molecule has 0 fully saturated rings. The van der Waals surface area contributed by atoms with Gasteiger partial charge in [0.25, 0.3) is 5.91 Å². The van der Waals surface area contributed by atoms with Gasteiger partial charge in [-0.1, -0.05) is 6.07 Å². The van der Waals surface area contributed by atoms with Gasteiger partial charge in [0.15, 0.2) is 11.6 Å². The highest BCUT2D eigenvalue weighted by Gasteiger charge is 2.10. The maximum atomic E-state index is 13.7. The zero-order valence-electron chi connectivity index (χ0n) is 10.7. The second-order valence-corrected chi connectivity index (χ2v) is 4.69. The molecule has 0 bridgehead atoms. The molecule has 0 atom stereocenters. The van der Waals surface area contributed by atoms with Crippen molar-refractivity contribution in [3.63, 3.8) is 0 Å². The van der Waals surface area contributed by atoms with Gasteiger partial charge in [-0.05, 0) is 47.1 Å². The van der Waals surface area contributed by atoms with Crippen LogP contribution < -0.4 is 10.1 Å². The molecule has 4 nitrogen and oxygen atoms in total. The van der Waals surface area contributed by atoms with Crippen molar-refractivity contribution in [3.8, 4) is 5.75 Å². The summed E-state index contributed by atoms with van der Waals surface area (Å²) in [6.07, 6.45) is 0. The third kappa shape index (κ3) is 3.54. The van der Waals surface area contributed by atoms with Crippen molar-refractivity contribution < 1.29 is 13.9 Å². The Bertz CT molecular complexity index is 634. The molecule has 1 N–H and O–H groups in total. The van der Waals surface area contributed by atoms with Crippen LogP contribution in [0.4, 0.5) is 10.1 Å². The Labute approximate surface area is 124 Å². The lowest BCUT2D eigenvalue weighted by atomic mass is 10.2. The number of ether oxygens (including phenoxy) is 1. The predicted octanol–water partition coefficient (Wildman–Crippen LogP) is 3.63. The van der Waals surface area contributed by atoms with Crippen LogP contribution in [-0.2, 0) is 0 Å². The Morgan fingerprint density at radius 3 is 2.85 bits per heavy atom. The van der Waals surface area contributed by atoms with Crippen LogP contribution in [0.3, 0.4) is 0 Å². The molecule has 0 spiro atoms. The van der Waals surface area contributed by atoms with Gasteiger partial charge in [0.2, 0.25) is 0 Å². The maximum Gasteiger partial charge on any atom is 0.274 e. The molecular formula is C14H12BrFN2O2. The predicted molar refractivity (Wildman–Crippen MR) is 77.5 cm³/mol. The molecular weight excluding hydrogens is 327 g/mol. The molecule has 6 heteroatoms. The van der Waals surface area contributed by atoms with Gasteiger partial charge in [-0.25, -0.2) is 9.37 Å². The summed E-state index contributed by atoms with van der Waals surface area (Å²) < 4.78 is 19.3. The third-order valence-electron chi connectivity index (χ3n) is 2.44. The van der Waals surface area contributed by atoms with Crippen LogP contribution in [0.1, 0.15) is 17.4 Å². The Morgan fingerprint density at radius 2 is 2.20 bits per heavy atom. The number of aromatic nitrogens is 1. The fraction of sp³-hybridized carbons (Fsp3) is 0.143. The Hall–Kier alpha value is -1.95. The number of nitrogens with zero attached hydrogens (tertiary/aromatic N) is 1. The molecule has 20 heavy (non-hydrogen) atoms. The van der Waals surface area contributed by atoms with Crippen LogP contribution in [0.5, 0.6) is 5.75 Å². The summed E-state index contributed by atoms with van der Waals surface area (Å²) in [6.45, 7) is 2.15. The smallest absolute Gasteiger partial charge is 0.274 e. The molecule has 1 aromatic heterocycles. The first-order valence-electron chi connectivity index (χ1n) is 5.96. The van der Waals surface area contributed by atoms with Crippen molar-refractivity contribution in [2.24, 2.45) is 0 Å². The second kappa shape index (κ2) is 6.47. The highest BCUT2D eigenvalue weighted by molar-refractivity contribution is 9.10. The number of benzene rings is 1. The largest absolute Gasteiger partial charge is 0.491 e. The molecule has 1 aromatic carbocycles. The van der Waals surface area contributed by atoms with E-state index in [1.165, 1.54) is 12.1 Å². The van der Waals surface area contributed by atoms with Crippen LogP contribution in [0.25, 0.3) is 0 Å². The van der Waals surface area contributed by atoms with Crippen LogP contribution in [0.2, 0.25) is 0 Å². The van der Waals surface area contributed by atoms with E-state index in [1.54, 1.807) is 31.2 Å². The van der Waals surface area contributed by atoms with Gasteiger partial charge in [-0.3, -0.25) is 4.79 Å². The van der Waals surface area contributed by atoms with Crippen molar-refractivity contribution in [2.45, 2.75) is 6.92 Å². The van der Waals surface area contributed by atoms with Crippen molar-refractivity contribution in [2.75, 3.05) is 11.9 Å². The summed E-state index contributed by atoms with van der Waals surface area (Å²) in [4.78, 5) is 16.0. The van der Waals surface area contributed by atoms with Crippen LogP contribution in [0.15, 0.2) is 41.0 Å². The average Bonchev–Trinajstić information content (AvgIpc) is 2.42. The van der Waals surface area contributed by atoms with E-state index in [-0.39, 0.29) is 11.4 Å². The number of hydrogen-bond donors (Lipinski definition) is 1. The summed E-state index contributed by atoms with van der Waals surface area (Å²) in [5.41, 5.74) is 0.589. The molecule has 104 valence electrons. The standard InChI is InChI=1S/C14H12BrFN2O2/c1-2-20-12-7-6-9(8-10(12)16)17-14(19)11-4-3-5-13(15)18-11/h3-8H,2H2,1H3,(H,17,19). The number of carbonyl (C=O) groups is 1. The first-order chi connectivity index (χ1) is 9.60. The number of carbonyl (C=O) groups excluding carboxylic acids is 1. The van der Waals surface area contributed by atoms with Gasteiger partial charge in [0, 0.05) is 11.8 Å². The fourth-order valence-corrected chi connectivity index (χ4v) is 1.92. The van der Waals surface area contributed by atoms with E-state index in [9.17, 15) is 9.18 Å². The molecule has 0 unspecified atom stereocenters. The van der Waals surface area contributed by atoms with E-state index < -0.39 is 11.7 Å². The molecule has 0 saturated heterocycles. The van der Waals surface area contributed by atoms with Gasteiger partial charge in [0.05, 0.1) is 6.61 Å². The van der Waals surface area contributed by atoms with E-state index >= 15 is 0 Å². The number of anilines is 1. The Morgan fingerprint density at radius 1 is 1.40 bits per heavy atom. The molecule has 1 heterocycles. The first-order valence-corrected chi connectivity index (χ1v) is 6.75. The van der Waals surface area contributed by atoms with Crippen LogP contribution in [0, 0.1) is 5.82 Å². The van der Waals surface area contributed by atoms with Gasteiger partial charge in [-0.2, -0.15) is 0 Å². The summed E-state index contributed by atoms with van der Waals surface area (Å²) in [6, 6.07) is 9.25. The van der Waals surface area contributed by atoms with Crippen LogP contribution >= 0.6 is 15.9 Å². The molecule has 2 aromatic rings. The first kappa shape index (κ1) is 14.5. The molecule has 0 aliphatic rings. The van der Waals surface area contributed by atoms with Crippen molar-refractivity contribution in [1.82, 2.24) is 4.98 Å². The summed E-state index contributed by atoms with van der Waals surface area (Å²) in [7, 11) is 0. The van der Waals surface area contributed by atoms with Gasteiger partial charge >= 0.3 is 0 Å². The molecule has 0 radical (unpaired) electrons. The second-order valence-electron chi connectivity index (χ2n) is 3.88. The quantitative estimate of drug-likeness (QED) is 0.866. The summed E-state index contributed by atoms with van der Waals surface area (Å²) >= 11 is 3.19. The molecule has 0 aliphatic carbocycles. The van der Waals surface area contributed by atoms with Gasteiger partial charge < -0.3 is 10.1 Å². The lowest BCUT2D eigenvalue weighted by Crippen LogP contribution is -2.13. The molecule has 0 saturated carbocycles. The highest BCUT2D eigenvalue weighted by atomic mass is 79.9. The summed E-state index contributed by atoms with van der Waals surface area (Å²) in [5, 5.41) is 2.58. The lowest BCUT2D eigenvalue weighted by molar-refractivity contribution is 0.102. The number of pyridine rings is 1. The maximum absolute atomic E-state index is 13.7. The minimum absolute atomic E-state index is 0.158. The number of hydrogen-bond acceptors (Lipinski definition) is 3. The number of amides is 1. The van der Waals surface area contributed by atoms with Gasteiger partial charge in [-0.15, -0.1) is 0 Å². The number of halogens is 2. The van der Waals surface area contributed by atoms with E-state index in [0.717, 1.165) is 0 Å². The molecule has 2 rings (SSSR count).